The van der Waals surface area contributed by atoms with Crippen LogP contribution in [-0.2, 0) is 6.54 Å². The summed E-state index contributed by atoms with van der Waals surface area (Å²) in [5, 5.41) is 0. The van der Waals surface area contributed by atoms with Gasteiger partial charge in [0.25, 0.3) is 5.91 Å². The number of pyridine rings is 1. The van der Waals surface area contributed by atoms with Crippen LogP contribution in [0.3, 0.4) is 0 Å². The molecule has 21 heavy (non-hydrogen) atoms. The Labute approximate surface area is 126 Å². The lowest BCUT2D eigenvalue weighted by atomic mass is 10.2. The number of nitrogens with two attached hydrogens (primary N) is 1. The molecular weight excluding hydrogens is 266 g/mol. The summed E-state index contributed by atoms with van der Waals surface area (Å²) < 4.78 is 0. The molecule has 0 aliphatic carbocycles. The van der Waals surface area contributed by atoms with Crippen LogP contribution in [0.4, 0.5) is 0 Å². The van der Waals surface area contributed by atoms with Crippen LogP contribution in [0, 0.1) is 5.92 Å². The summed E-state index contributed by atoms with van der Waals surface area (Å²) in [5.74, 6) is 5.50. The Morgan fingerprint density at radius 1 is 1.29 bits per heavy atom. The number of hydrogen-bond acceptors (Lipinski definition) is 5. The van der Waals surface area contributed by atoms with Crippen LogP contribution in [0.5, 0.6) is 0 Å². The largest absolute Gasteiger partial charge is 0.301 e. The van der Waals surface area contributed by atoms with Gasteiger partial charge in [-0.2, -0.15) is 0 Å². The molecule has 1 saturated heterocycles. The fourth-order valence-corrected chi connectivity index (χ4v) is 2.64. The number of amides is 1. The fourth-order valence-electron chi connectivity index (χ4n) is 2.64. The molecule has 1 fully saturated rings. The van der Waals surface area contributed by atoms with Crippen LogP contribution in [0.25, 0.3) is 0 Å². The van der Waals surface area contributed by atoms with Crippen molar-refractivity contribution in [2.75, 3.05) is 32.7 Å². The van der Waals surface area contributed by atoms with Crippen molar-refractivity contribution in [1.29, 1.82) is 0 Å². The Balaban J connectivity index is 1.87. The van der Waals surface area contributed by atoms with Gasteiger partial charge in [-0.05, 0) is 18.1 Å². The molecule has 0 atom stereocenters. The summed E-state index contributed by atoms with van der Waals surface area (Å²) >= 11 is 0. The minimum Gasteiger partial charge on any atom is -0.301 e. The van der Waals surface area contributed by atoms with Crippen LogP contribution in [-0.4, -0.2) is 53.4 Å². The number of aromatic nitrogens is 1. The second-order valence-electron chi connectivity index (χ2n) is 5.96. The Morgan fingerprint density at radius 2 is 1.95 bits per heavy atom. The monoisotopic (exact) mass is 291 g/mol. The van der Waals surface area contributed by atoms with Gasteiger partial charge in [-0.25, -0.2) is 10.8 Å². The molecule has 2 heterocycles. The number of nitrogens with zero attached hydrogens (tertiary/aromatic N) is 3. The van der Waals surface area contributed by atoms with Crippen molar-refractivity contribution in [1.82, 2.24) is 20.2 Å². The molecule has 0 bridgehead atoms. The maximum Gasteiger partial charge on any atom is 0.283 e. The van der Waals surface area contributed by atoms with Crippen LogP contribution in [0.15, 0.2) is 18.2 Å². The zero-order valence-corrected chi connectivity index (χ0v) is 12.9. The van der Waals surface area contributed by atoms with E-state index in [0.717, 1.165) is 45.0 Å². The zero-order chi connectivity index (χ0) is 15.2. The molecule has 116 valence electrons. The van der Waals surface area contributed by atoms with E-state index in [-0.39, 0.29) is 5.91 Å². The highest BCUT2D eigenvalue weighted by atomic mass is 16.2. The van der Waals surface area contributed by atoms with Crippen molar-refractivity contribution in [2.24, 2.45) is 11.8 Å². The van der Waals surface area contributed by atoms with E-state index in [1.54, 1.807) is 6.07 Å². The molecule has 0 spiro atoms. The molecule has 1 amide bonds. The Hall–Kier alpha value is -1.50. The number of carbonyl (C=O) groups excluding carboxylic acids is 1. The van der Waals surface area contributed by atoms with E-state index in [9.17, 15) is 4.79 Å². The lowest BCUT2D eigenvalue weighted by molar-refractivity contribution is 0.0947. The summed E-state index contributed by atoms with van der Waals surface area (Å²) in [5.41, 5.74) is 3.39. The maximum absolute atomic E-state index is 11.5. The standard InChI is InChI=1S/C15H25N5O/c1-12(2)10-19-6-8-20(9-7-19)11-13-4-3-5-14(17-13)15(21)18-16/h3-5,12H,6-11,16H2,1-2H3,(H,18,21). The first-order valence-corrected chi connectivity index (χ1v) is 7.50. The van der Waals surface area contributed by atoms with Gasteiger partial charge in [-0.15, -0.1) is 0 Å². The van der Waals surface area contributed by atoms with Crippen molar-refractivity contribution < 1.29 is 4.79 Å². The van der Waals surface area contributed by atoms with Gasteiger partial charge in [0.2, 0.25) is 0 Å². The highest BCUT2D eigenvalue weighted by molar-refractivity contribution is 5.91. The number of hydrazine groups is 1. The predicted molar refractivity (Wildman–Crippen MR) is 82.4 cm³/mol. The average Bonchev–Trinajstić information content (AvgIpc) is 2.48. The molecular formula is C15H25N5O. The second-order valence-corrected chi connectivity index (χ2v) is 5.96. The van der Waals surface area contributed by atoms with E-state index in [4.69, 9.17) is 5.84 Å². The van der Waals surface area contributed by atoms with Gasteiger partial charge >= 0.3 is 0 Å². The van der Waals surface area contributed by atoms with Crippen LogP contribution in [0.2, 0.25) is 0 Å². The van der Waals surface area contributed by atoms with E-state index >= 15 is 0 Å². The molecule has 1 aliphatic rings. The zero-order valence-electron chi connectivity index (χ0n) is 12.9. The fraction of sp³-hybridized carbons (Fsp3) is 0.600. The minimum absolute atomic E-state index is 0.349. The third-order valence-corrected chi connectivity index (χ3v) is 3.64. The Bertz CT molecular complexity index is 469. The van der Waals surface area contributed by atoms with Crippen molar-refractivity contribution in [3.05, 3.63) is 29.6 Å². The molecule has 6 nitrogen and oxygen atoms in total. The average molecular weight is 291 g/mol. The van der Waals surface area contributed by atoms with Gasteiger partial charge < -0.3 is 4.90 Å². The predicted octanol–water partition coefficient (Wildman–Crippen LogP) is 0.459. The lowest BCUT2D eigenvalue weighted by Crippen LogP contribution is -2.47. The molecule has 0 saturated carbocycles. The SMILES string of the molecule is CC(C)CN1CCN(Cc2cccc(C(=O)NN)n2)CC1. The molecule has 0 unspecified atom stereocenters. The van der Waals surface area contributed by atoms with Crippen molar-refractivity contribution in [3.8, 4) is 0 Å². The van der Waals surface area contributed by atoms with Crippen molar-refractivity contribution >= 4 is 5.91 Å². The summed E-state index contributed by atoms with van der Waals surface area (Å²) in [6, 6.07) is 5.47. The molecule has 1 aromatic rings. The third-order valence-electron chi connectivity index (χ3n) is 3.64. The van der Waals surface area contributed by atoms with E-state index < -0.39 is 0 Å². The number of hydrogen-bond donors (Lipinski definition) is 2. The van der Waals surface area contributed by atoms with Gasteiger partial charge in [0.15, 0.2) is 0 Å². The van der Waals surface area contributed by atoms with E-state index in [1.807, 2.05) is 12.1 Å². The van der Waals surface area contributed by atoms with Crippen LogP contribution < -0.4 is 11.3 Å². The van der Waals surface area contributed by atoms with E-state index in [2.05, 4.69) is 34.1 Å². The molecule has 0 aromatic carbocycles. The quantitative estimate of drug-likeness (QED) is 0.468. The first kappa shape index (κ1) is 15.9. The number of nitrogens with one attached hydrogen (secondary N) is 1. The summed E-state index contributed by atoms with van der Waals surface area (Å²) in [7, 11) is 0. The van der Waals surface area contributed by atoms with Crippen LogP contribution in [0.1, 0.15) is 30.0 Å². The number of piperazine rings is 1. The van der Waals surface area contributed by atoms with Crippen LogP contribution >= 0.6 is 0 Å². The van der Waals surface area contributed by atoms with Gasteiger partial charge in [0, 0.05) is 39.3 Å². The van der Waals surface area contributed by atoms with Gasteiger partial charge in [0.1, 0.15) is 5.69 Å². The van der Waals surface area contributed by atoms with E-state index in [1.165, 1.54) is 0 Å². The first-order valence-electron chi connectivity index (χ1n) is 7.50. The molecule has 1 aromatic heterocycles. The molecule has 6 heteroatoms. The number of nitrogen functional groups attached to an aromatic ring is 1. The van der Waals surface area contributed by atoms with Gasteiger partial charge in [-0.1, -0.05) is 19.9 Å². The maximum atomic E-state index is 11.5. The normalized spacial score (nSPS) is 17.1. The molecule has 0 radical (unpaired) electrons. The molecule has 2 rings (SSSR count). The minimum atomic E-state index is -0.349. The summed E-state index contributed by atoms with van der Waals surface area (Å²) in [4.78, 5) is 20.7. The van der Waals surface area contributed by atoms with Crippen molar-refractivity contribution in [2.45, 2.75) is 20.4 Å². The Kier molecular flexibility index (Phi) is 5.67. The van der Waals surface area contributed by atoms with Crippen molar-refractivity contribution in [3.63, 3.8) is 0 Å². The smallest absolute Gasteiger partial charge is 0.283 e. The summed E-state index contributed by atoms with van der Waals surface area (Å²) in [6.45, 7) is 10.7. The second kappa shape index (κ2) is 7.49. The number of carbonyl (C=O) groups is 1. The highest BCUT2D eigenvalue weighted by Crippen LogP contribution is 2.09. The van der Waals surface area contributed by atoms with E-state index in [0.29, 0.717) is 11.6 Å². The molecule has 3 N–H and O–H groups in total. The first-order chi connectivity index (χ1) is 10.1. The van der Waals surface area contributed by atoms with Gasteiger partial charge in [0.05, 0.1) is 5.69 Å². The van der Waals surface area contributed by atoms with Gasteiger partial charge in [-0.3, -0.25) is 15.1 Å². The summed E-state index contributed by atoms with van der Waals surface area (Å²) in [6.07, 6.45) is 0. The third kappa shape index (κ3) is 4.77. The highest BCUT2D eigenvalue weighted by Gasteiger charge is 2.18. The molecule has 1 aliphatic heterocycles. The topological polar surface area (TPSA) is 74.5 Å². The Morgan fingerprint density at radius 3 is 2.57 bits per heavy atom. The lowest BCUT2D eigenvalue weighted by Gasteiger charge is -2.35. The number of rotatable bonds is 5.